The fourth-order valence-corrected chi connectivity index (χ4v) is 4.91. The Labute approximate surface area is 187 Å². The molecule has 0 atom stereocenters. The molecule has 2 heterocycles. The third-order valence-corrected chi connectivity index (χ3v) is 6.57. The van der Waals surface area contributed by atoms with Crippen LogP contribution < -0.4 is 10.4 Å². The van der Waals surface area contributed by atoms with E-state index in [1.807, 2.05) is 78.9 Å². The summed E-state index contributed by atoms with van der Waals surface area (Å²) >= 11 is 1.66. The molecule has 0 amide bonds. The molecule has 0 radical (unpaired) electrons. The summed E-state index contributed by atoms with van der Waals surface area (Å²) in [4.78, 5) is 17.0. The van der Waals surface area contributed by atoms with Crippen molar-refractivity contribution in [3.8, 4) is 16.3 Å². The summed E-state index contributed by atoms with van der Waals surface area (Å²) in [5.41, 5.74) is 3.01. The lowest BCUT2D eigenvalue weighted by Crippen LogP contribution is -2.04. The molecule has 32 heavy (non-hydrogen) atoms. The predicted molar refractivity (Wildman–Crippen MR) is 129 cm³/mol. The molecule has 0 saturated heterocycles. The third kappa shape index (κ3) is 3.33. The van der Waals surface area contributed by atoms with E-state index in [0.29, 0.717) is 5.58 Å². The molecular weight excluding hydrogens is 418 g/mol. The summed E-state index contributed by atoms with van der Waals surface area (Å²) in [6, 6.07) is 29.4. The Hall–Kier alpha value is -3.96. The van der Waals surface area contributed by atoms with Gasteiger partial charge in [-0.3, -0.25) is 0 Å². The third-order valence-electron chi connectivity index (χ3n) is 5.49. The average molecular weight is 436 g/mol. The van der Waals surface area contributed by atoms with Crippen molar-refractivity contribution in [3.63, 3.8) is 0 Å². The monoisotopic (exact) mass is 435 g/mol. The van der Waals surface area contributed by atoms with Crippen LogP contribution in [0, 0.1) is 0 Å². The van der Waals surface area contributed by atoms with E-state index >= 15 is 0 Å². The van der Waals surface area contributed by atoms with Gasteiger partial charge in [-0.1, -0.05) is 60.7 Å². The summed E-state index contributed by atoms with van der Waals surface area (Å²) in [6.45, 7) is 0.268. The lowest BCUT2D eigenvalue weighted by molar-refractivity contribution is 0.307. The maximum absolute atomic E-state index is 12.3. The Morgan fingerprint density at radius 2 is 1.72 bits per heavy atom. The second kappa shape index (κ2) is 7.62. The largest absolute Gasteiger partial charge is 0.489 e. The van der Waals surface area contributed by atoms with E-state index in [0.717, 1.165) is 48.3 Å². The fraction of sp³-hybridized carbons (Fsp3) is 0.0370. The quantitative estimate of drug-likeness (QED) is 0.226. The molecule has 154 valence electrons. The van der Waals surface area contributed by atoms with Crippen LogP contribution in [0.3, 0.4) is 0 Å². The highest BCUT2D eigenvalue weighted by Gasteiger charge is 2.11. The Kier molecular flexibility index (Phi) is 4.47. The maximum atomic E-state index is 12.3. The Morgan fingerprint density at radius 3 is 2.66 bits per heavy atom. The van der Waals surface area contributed by atoms with Crippen LogP contribution in [0.25, 0.3) is 42.5 Å². The van der Waals surface area contributed by atoms with Crippen LogP contribution in [0.1, 0.15) is 5.56 Å². The Balaban J connectivity index is 1.34. The van der Waals surface area contributed by atoms with Crippen molar-refractivity contribution in [2.45, 2.75) is 6.61 Å². The zero-order valence-corrected chi connectivity index (χ0v) is 17.8. The molecule has 0 bridgehead atoms. The Morgan fingerprint density at radius 1 is 0.844 bits per heavy atom. The predicted octanol–water partition coefficient (Wildman–Crippen LogP) is 6.80. The normalized spacial score (nSPS) is 11.4. The number of ether oxygens (including phenoxy) is 1. The van der Waals surface area contributed by atoms with Gasteiger partial charge in [0.1, 0.15) is 22.9 Å². The van der Waals surface area contributed by atoms with Crippen molar-refractivity contribution in [2.24, 2.45) is 0 Å². The highest BCUT2D eigenvalue weighted by Crippen LogP contribution is 2.32. The molecule has 0 unspecified atom stereocenters. The lowest BCUT2D eigenvalue weighted by atomic mass is 10.0. The number of thiazole rings is 1. The summed E-state index contributed by atoms with van der Waals surface area (Å²) in [5, 5.41) is 3.78. The molecule has 0 fully saturated rings. The maximum Gasteiger partial charge on any atom is 0.336 e. The minimum absolute atomic E-state index is 0.268. The van der Waals surface area contributed by atoms with Gasteiger partial charge in [-0.2, -0.15) is 0 Å². The first-order valence-electron chi connectivity index (χ1n) is 10.3. The van der Waals surface area contributed by atoms with E-state index < -0.39 is 0 Å². The van der Waals surface area contributed by atoms with Crippen molar-refractivity contribution in [3.05, 3.63) is 107 Å². The number of hydrogen-bond acceptors (Lipinski definition) is 5. The number of aromatic nitrogens is 1. The van der Waals surface area contributed by atoms with Gasteiger partial charge in [0.2, 0.25) is 0 Å². The van der Waals surface area contributed by atoms with E-state index in [9.17, 15) is 4.79 Å². The van der Waals surface area contributed by atoms with Gasteiger partial charge in [0, 0.05) is 28.0 Å². The molecule has 5 heteroatoms. The molecule has 0 aliphatic rings. The first kappa shape index (κ1) is 18.8. The highest BCUT2D eigenvalue weighted by atomic mass is 32.1. The molecular formula is C27H17NO3S. The minimum atomic E-state index is -0.379. The molecule has 6 aromatic rings. The van der Waals surface area contributed by atoms with E-state index in [1.165, 1.54) is 6.07 Å². The van der Waals surface area contributed by atoms with Crippen LogP contribution in [-0.2, 0) is 6.61 Å². The first-order valence-corrected chi connectivity index (χ1v) is 11.1. The van der Waals surface area contributed by atoms with Crippen LogP contribution in [0.4, 0.5) is 0 Å². The molecule has 2 aromatic heterocycles. The van der Waals surface area contributed by atoms with Gasteiger partial charge < -0.3 is 9.15 Å². The van der Waals surface area contributed by atoms with E-state index in [1.54, 1.807) is 11.3 Å². The molecule has 0 aliphatic carbocycles. The summed E-state index contributed by atoms with van der Waals surface area (Å²) in [5.74, 6) is 0.726. The molecule has 6 rings (SSSR count). The van der Waals surface area contributed by atoms with Gasteiger partial charge in [-0.05, 0) is 29.7 Å². The Bertz CT molecular complexity index is 1630. The van der Waals surface area contributed by atoms with Gasteiger partial charge in [0.05, 0.1) is 10.2 Å². The number of nitrogens with zero attached hydrogens (tertiary/aromatic N) is 1. The van der Waals surface area contributed by atoms with Crippen LogP contribution in [-0.4, -0.2) is 4.98 Å². The number of hydrogen-bond donors (Lipinski definition) is 0. The van der Waals surface area contributed by atoms with Gasteiger partial charge in [0.15, 0.2) is 0 Å². The van der Waals surface area contributed by atoms with Crippen molar-refractivity contribution in [1.82, 2.24) is 4.98 Å². The van der Waals surface area contributed by atoms with Crippen LogP contribution in [0.15, 0.2) is 100 Å². The molecule has 0 N–H and O–H groups in total. The van der Waals surface area contributed by atoms with Gasteiger partial charge in [-0.15, -0.1) is 11.3 Å². The van der Waals surface area contributed by atoms with Crippen LogP contribution >= 0.6 is 11.3 Å². The summed E-state index contributed by atoms with van der Waals surface area (Å²) in [7, 11) is 0. The molecule has 0 aliphatic heterocycles. The number of benzene rings is 4. The van der Waals surface area contributed by atoms with Crippen LogP contribution in [0.5, 0.6) is 5.75 Å². The van der Waals surface area contributed by atoms with Crippen molar-refractivity contribution >= 4 is 43.3 Å². The van der Waals surface area contributed by atoms with Gasteiger partial charge in [-0.25, -0.2) is 9.78 Å². The van der Waals surface area contributed by atoms with Crippen molar-refractivity contribution < 1.29 is 9.15 Å². The van der Waals surface area contributed by atoms with Crippen LogP contribution in [0.2, 0.25) is 0 Å². The second-order valence-electron chi connectivity index (χ2n) is 7.56. The summed E-state index contributed by atoms with van der Waals surface area (Å²) in [6.07, 6.45) is 0. The topological polar surface area (TPSA) is 52.3 Å². The van der Waals surface area contributed by atoms with E-state index in [2.05, 4.69) is 6.07 Å². The highest BCUT2D eigenvalue weighted by molar-refractivity contribution is 7.21. The SMILES string of the molecule is O=c1cc(COc2cccc(-c3nc4ccccc4s3)c2)c2ccc3ccccc3c2o1. The first-order chi connectivity index (χ1) is 15.7. The molecule has 4 nitrogen and oxygen atoms in total. The number of para-hydroxylation sites is 1. The summed E-state index contributed by atoms with van der Waals surface area (Å²) < 4.78 is 12.8. The molecule has 0 saturated carbocycles. The second-order valence-corrected chi connectivity index (χ2v) is 8.59. The van der Waals surface area contributed by atoms with Crippen molar-refractivity contribution in [2.75, 3.05) is 0 Å². The van der Waals surface area contributed by atoms with Gasteiger partial charge in [0.25, 0.3) is 0 Å². The molecule has 0 spiro atoms. The van der Waals surface area contributed by atoms with E-state index in [-0.39, 0.29) is 12.2 Å². The van der Waals surface area contributed by atoms with Gasteiger partial charge >= 0.3 is 5.63 Å². The number of fused-ring (bicyclic) bond motifs is 4. The fourth-order valence-electron chi connectivity index (χ4n) is 3.95. The lowest BCUT2D eigenvalue weighted by Gasteiger charge is -2.10. The molecule has 4 aromatic carbocycles. The standard InChI is InChI=1S/C27H17NO3S/c29-25-15-19(22-13-12-17-6-1-2-9-21(17)26(22)31-25)16-30-20-8-5-7-18(14-20)27-28-23-10-3-4-11-24(23)32-27/h1-15H,16H2. The zero-order chi connectivity index (χ0) is 21.5. The smallest absolute Gasteiger partial charge is 0.336 e. The minimum Gasteiger partial charge on any atom is -0.489 e. The zero-order valence-electron chi connectivity index (χ0n) is 16.9. The van der Waals surface area contributed by atoms with Crippen molar-refractivity contribution in [1.29, 1.82) is 0 Å². The number of rotatable bonds is 4. The average Bonchev–Trinajstić information content (AvgIpc) is 3.27. The van der Waals surface area contributed by atoms with E-state index in [4.69, 9.17) is 14.1 Å².